The van der Waals surface area contributed by atoms with E-state index >= 15 is 0 Å². The van der Waals surface area contributed by atoms with Gasteiger partial charge in [0.25, 0.3) is 0 Å². The van der Waals surface area contributed by atoms with Crippen LogP contribution in [-0.4, -0.2) is 37.3 Å². The van der Waals surface area contributed by atoms with Crippen LogP contribution in [0.5, 0.6) is 23.0 Å². The van der Waals surface area contributed by atoms with Gasteiger partial charge in [0, 0.05) is 22.4 Å². The number of methoxy groups -OCH3 is 2. The molecule has 0 fully saturated rings. The van der Waals surface area contributed by atoms with E-state index in [9.17, 15) is 0 Å². The van der Waals surface area contributed by atoms with Gasteiger partial charge < -0.3 is 18.9 Å². The molecule has 2 atom stereocenters. The van der Waals surface area contributed by atoms with E-state index in [1.54, 1.807) is 26.0 Å². The first-order valence-corrected chi connectivity index (χ1v) is 12.9. The van der Waals surface area contributed by atoms with Crippen molar-refractivity contribution in [3.05, 3.63) is 77.4 Å². The standard InChI is InChI=1S/C28H30N2O4S/c1-17(2)33-26-15-19(11-14-24(26)31-3)28-30-23(21-7-6-8-25(32-4)27(21)34-28)16-22(29-30)18-9-12-20(35-5)13-10-18/h6-15,17,23,28H,16H2,1-5H3. The second-order valence-corrected chi connectivity index (χ2v) is 9.68. The van der Waals surface area contributed by atoms with Crippen LogP contribution in [0.25, 0.3) is 0 Å². The minimum absolute atomic E-state index is 0.0145. The van der Waals surface area contributed by atoms with Crippen LogP contribution in [0, 0.1) is 0 Å². The quantitative estimate of drug-likeness (QED) is 0.355. The Morgan fingerprint density at radius 3 is 2.43 bits per heavy atom. The second-order valence-electron chi connectivity index (χ2n) is 8.80. The molecule has 3 aromatic carbocycles. The fraction of sp³-hybridized carbons (Fsp3) is 0.321. The number of ether oxygens (including phenoxy) is 4. The summed E-state index contributed by atoms with van der Waals surface area (Å²) in [5.41, 5.74) is 4.18. The summed E-state index contributed by atoms with van der Waals surface area (Å²) in [5, 5.41) is 7.16. The minimum Gasteiger partial charge on any atom is -0.493 e. The molecular weight excluding hydrogens is 460 g/mol. The van der Waals surface area contributed by atoms with Crippen LogP contribution in [0.4, 0.5) is 0 Å². The number of hydrazone groups is 1. The Hall–Kier alpha value is -3.32. The van der Waals surface area contributed by atoms with Gasteiger partial charge in [0.15, 0.2) is 23.0 Å². The lowest BCUT2D eigenvalue weighted by Gasteiger charge is -2.38. The molecule has 0 aliphatic carbocycles. The van der Waals surface area contributed by atoms with E-state index in [0.717, 1.165) is 40.3 Å². The maximum atomic E-state index is 6.60. The molecule has 0 aromatic heterocycles. The van der Waals surface area contributed by atoms with Crippen molar-refractivity contribution in [2.45, 2.75) is 43.5 Å². The Kier molecular flexibility index (Phi) is 6.52. The van der Waals surface area contributed by atoms with E-state index in [1.165, 1.54) is 4.90 Å². The number of thioether (sulfide) groups is 1. The number of hydrogen-bond donors (Lipinski definition) is 0. The van der Waals surface area contributed by atoms with Crippen molar-refractivity contribution in [1.82, 2.24) is 5.01 Å². The molecule has 35 heavy (non-hydrogen) atoms. The predicted molar refractivity (Wildman–Crippen MR) is 139 cm³/mol. The van der Waals surface area contributed by atoms with Crippen LogP contribution in [0.3, 0.4) is 0 Å². The molecule has 182 valence electrons. The Morgan fingerprint density at radius 2 is 1.74 bits per heavy atom. The van der Waals surface area contributed by atoms with Gasteiger partial charge in [0.2, 0.25) is 6.23 Å². The summed E-state index contributed by atoms with van der Waals surface area (Å²) >= 11 is 1.73. The highest BCUT2D eigenvalue weighted by Gasteiger charge is 2.42. The fourth-order valence-corrected chi connectivity index (χ4v) is 5.02. The molecule has 0 N–H and O–H groups in total. The van der Waals surface area contributed by atoms with Gasteiger partial charge in [-0.1, -0.05) is 24.3 Å². The second kappa shape index (κ2) is 9.74. The lowest BCUT2D eigenvalue weighted by molar-refractivity contribution is -0.0210. The zero-order chi connectivity index (χ0) is 24.5. The van der Waals surface area contributed by atoms with E-state index in [2.05, 4.69) is 41.6 Å². The lowest BCUT2D eigenvalue weighted by atomic mass is 9.95. The van der Waals surface area contributed by atoms with Gasteiger partial charge in [-0.3, -0.25) is 0 Å². The van der Waals surface area contributed by atoms with Gasteiger partial charge in [0.05, 0.1) is 32.1 Å². The zero-order valence-electron chi connectivity index (χ0n) is 20.6. The molecule has 5 rings (SSSR count). The Labute approximate surface area is 210 Å². The molecule has 7 heteroatoms. The third kappa shape index (κ3) is 4.41. The first-order valence-electron chi connectivity index (χ1n) is 11.7. The summed E-state index contributed by atoms with van der Waals surface area (Å²) in [6.07, 6.45) is 2.44. The average Bonchev–Trinajstić information content (AvgIpc) is 3.33. The highest BCUT2D eigenvalue weighted by molar-refractivity contribution is 7.98. The topological polar surface area (TPSA) is 52.5 Å². The molecular formula is C28H30N2O4S. The molecule has 2 aliphatic heterocycles. The molecule has 0 amide bonds. The fourth-order valence-electron chi connectivity index (χ4n) is 4.62. The van der Waals surface area contributed by atoms with Crippen molar-refractivity contribution in [1.29, 1.82) is 0 Å². The summed E-state index contributed by atoms with van der Waals surface area (Å²) in [6, 6.07) is 20.6. The zero-order valence-corrected chi connectivity index (χ0v) is 21.5. The molecule has 0 saturated heterocycles. The Morgan fingerprint density at radius 1 is 0.971 bits per heavy atom. The first kappa shape index (κ1) is 23.4. The van der Waals surface area contributed by atoms with E-state index in [1.807, 2.05) is 44.2 Å². The SMILES string of the molecule is COc1ccc(C2Oc3c(OC)cccc3C3CC(c4ccc(SC)cc4)=NN32)cc1OC(C)C. The van der Waals surface area contributed by atoms with Gasteiger partial charge in [0.1, 0.15) is 0 Å². The Balaban J connectivity index is 1.59. The van der Waals surface area contributed by atoms with Gasteiger partial charge in [-0.25, -0.2) is 5.01 Å². The van der Waals surface area contributed by atoms with Crippen molar-refractivity contribution in [3.8, 4) is 23.0 Å². The molecule has 2 aliphatic rings. The Bertz CT molecular complexity index is 1240. The van der Waals surface area contributed by atoms with Gasteiger partial charge >= 0.3 is 0 Å². The monoisotopic (exact) mass is 490 g/mol. The molecule has 6 nitrogen and oxygen atoms in total. The summed E-state index contributed by atoms with van der Waals surface area (Å²) in [4.78, 5) is 1.23. The van der Waals surface area contributed by atoms with E-state index in [-0.39, 0.29) is 12.1 Å². The molecule has 0 spiro atoms. The van der Waals surface area contributed by atoms with Gasteiger partial charge in [-0.05, 0) is 62.1 Å². The molecule has 3 aromatic rings. The van der Waals surface area contributed by atoms with Crippen LogP contribution < -0.4 is 18.9 Å². The maximum Gasteiger partial charge on any atom is 0.214 e. The van der Waals surface area contributed by atoms with Gasteiger partial charge in [-0.2, -0.15) is 5.10 Å². The summed E-state index contributed by atoms with van der Waals surface area (Å²) in [5.74, 6) is 2.85. The van der Waals surface area contributed by atoms with Crippen LogP contribution in [0.1, 0.15) is 49.2 Å². The highest BCUT2D eigenvalue weighted by atomic mass is 32.2. The van der Waals surface area contributed by atoms with Gasteiger partial charge in [-0.15, -0.1) is 11.8 Å². The lowest BCUT2D eigenvalue weighted by Crippen LogP contribution is -2.34. The number of rotatable bonds is 7. The first-order chi connectivity index (χ1) is 17.0. The number of fused-ring (bicyclic) bond motifs is 3. The van der Waals surface area contributed by atoms with Crippen LogP contribution in [0.2, 0.25) is 0 Å². The maximum absolute atomic E-state index is 6.60. The van der Waals surface area contributed by atoms with Crippen LogP contribution in [0.15, 0.2) is 70.7 Å². The van der Waals surface area contributed by atoms with Crippen molar-refractivity contribution < 1.29 is 18.9 Å². The number of para-hydroxylation sites is 1. The van der Waals surface area contributed by atoms with E-state index < -0.39 is 6.23 Å². The van der Waals surface area contributed by atoms with Crippen molar-refractivity contribution in [2.75, 3.05) is 20.5 Å². The average molecular weight is 491 g/mol. The largest absolute Gasteiger partial charge is 0.493 e. The number of hydrogen-bond acceptors (Lipinski definition) is 7. The molecule has 2 unspecified atom stereocenters. The summed E-state index contributed by atoms with van der Waals surface area (Å²) in [7, 11) is 3.32. The van der Waals surface area contributed by atoms with Crippen LogP contribution in [-0.2, 0) is 0 Å². The highest BCUT2D eigenvalue weighted by Crippen LogP contribution is 2.51. The smallest absolute Gasteiger partial charge is 0.214 e. The van der Waals surface area contributed by atoms with Crippen LogP contribution >= 0.6 is 11.8 Å². The molecule has 2 heterocycles. The third-order valence-corrected chi connectivity index (χ3v) is 7.00. The third-order valence-electron chi connectivity index (χ3n) is 6.26. The molecule has 0 radical (unpaired) electrons. The van der Waals surface area contributed by atoms with Crippen molar-refractivity contribution >= 4 is 17.5 Å². The molecule has 0 bridgehead atoms. The summed E-state index contributed by atoms with van der Waals surface area (Å²) < 4.78 is 23.8. The minimum atomic E-state index is -0.438. The van der Waals surface area contributed by atoms with E-state index in [0.29, 0.717) is 11.5 Å². The van der Waals surface area contributed by atoms with Crippen molar-refractivity contribution in [2.24, 2.45) is 5.10 Å². The summed E-state index contributed by atoms with van der Waals surface area (Å²) in [6.45, 7) is 4.00. The molecule has 0 saturated carbocycles. The number of nitrogens with zero attached hydrogens (tertiary/aromatic N) is 2. The normalized spacial score (nSPS) is 18.5. The van der Waals surface area contributed by atoms with Crippen molar-refractivity contribution in [3.63, 3.8) is 0 Å². The number of benzene rings is 3. The van der Waals surface area contributed by atoms with E-state index in [4.69, 9.17) is 24.0 Å². The predicted octanol–water partition coefficient (Wildman–Crippen LogP) is 6.46.